The van der Waals surface area contributed by atoms with E-state index in [-0.39, 0.29) is 24.3 Å². The summed E-state index contributed by atoms with van der Waals surface area (Å²) in [6.07, 6.45) is 2.04. The summed E-state index contributed by atoms with van der Waals surface area (Å²) < 4.78 is 5.60. The van der Waals surface area contributed by atoms with Gasteiger partial charge in [-0.1, -0.05) is 17.7 Å². The Morgan fingerprint density at radius 2 is 1.83 bits per heavy atom. The molecule has 23 heavy (non-hydrogen) atoms. The van der Waals surface area contributed by atoms with E-state index in [9.17, 15) is 9.59 Å². The molecule has 0 bridgehead atoms. The highest BCUT2D eigenvalue weighted by molar-refractivity contribution is 6.30. The van der Waals surface area contributed by atoms with E-state index in [4.69, 9.17) is 16.3 Å². The lowest BCUT2D eigenvalue weighted by atomic mass is 10.2. The van der Waals surface area contributed by atoms with Gasteiger partial charge < -0.3 is 14.5 Å². The normalized spacial score (nSPS) is 18.0. The maximum atomic E-state index is 12.3. The number of nitrogens with zero attached hydrogens (tertiary/aromatic N) is 2. The van der Waals surface area contributed by atoms with Crippen LogP contribution in [0.3, 0.4) is 0 Å². The highest BCUT2D eigenvalue weighted by atomic mass is 35.5. The van der Waals surface area contributed by atoms with Gasteiger partial charge in [0.2, 0.25) is 5.91 Å². The van der Waals surface area contributed by atoms with E-state index in [1.165, 1.54) is 0 Å². The molecule has 2 aliphatic rings. The fourth-order valence-electron chi connectivity index (χ4n) is 2.72. The number of amides is 2. The van der Waals surface area contributed by atoms with Gasteiger partial charge in [-0.05, 0) is 37.5 Å². The SMILES string of the molecule is Cc1ccc(Cl)cc1OCC(=O)N1CCN(C(=O)C2CC2)CC1. The number of ether oxygens (including phenoxy) is 1. The standard InChI is InChI=1S/C17H21ClN2O3/c1-12-2-5-14(18)10-15(12)23-11-16(21)19-6-8-20(9-7-19)17(22)13-3-4-13/h2,5,10,13H,3-4,6-9,11H2,1H3. The maximum absolute atomic E-state index is 12.3. The third-order valence-electron chi connectivity index (χ3n) is 4.37. The molecule has 0 unspecified atom stereocenters. The zero-order valence-electron chi connectivity index (χ0n) is 13.3. The molecule has 6 heteroatoms. The molecule has 1 aliphatic carbocycles. The lowest BCUT2D eigenvalue weighted by Crippen LogP contribution is -2.52. The molecule has 0 atom stereocenters. The van der Waals surface area contributed by atoms with Crippen LogP contribution < -0.4 is 4.74 Å². The van der Waals surface area contributed by atoms with Gasteiger partial charge in [-0.25, -0.2) is 0 Å². The Bertz CT molecular complexity index is 608. The van der Waals surface area contributed by atoms with Crippen LogP contribution >= 0.6 is 11.6 Å². The summed E-state index contributed by atoms with van der Waals surface area (Å²) >= 11 is 5.94. The molecule has 1 saturated heterocycles. The quantitative estimate of drug-likeness (QED) is 0.846. The maximum Gasteiger partial charge on any atom is 0.260 e. The Labute approximate surface area is 141 Å². The molecule has 0 radical (unpaired) electrons. The summed E-state index contributed by atoms with van der Waals surface area (Å²) in [4.78, 5) is 27.9. The number of piperazine rings is 1. The molecule has 1 aromatic rings. The molecule has 1 aromatic carbocycles. The van der Waals surface area contributed by atoms with Crippen molar-refractivity contribution in [1.29, 1.82) is 0 Å². The van der Waals surface area contributed by atoms with Crippen molar-refractivity contribution in [2.24, 2.45) is 5.92 Å². The summed E-state index contributed by atoms with van der Waals surface area (Å²) in [6, 6.07) is 5.38. The molecule has 124 valence electrons. The highest BCUT2D eigenvalue weighted by Crippen LogP contribution is 2.31. The van der Waals surface area contributed by atoms with Crippen molar-refractivity contribution in [3.63, 3.8) is 0 Å². The predicted molar refractivity (Wildman–Crippen MR) is 87.6 cm³/mol. The molecule has 2 fully saturated rings. The summed E-state index contributed by atoms with van der Waals surface area (Å²) in [6.45, 7) is 4.31. The number of halogens is 1. The first-order valence-corrected chi connectivity index (χ1v) is 8.38. The molecule has 3 rings (SSSR count). The molecule has 1 saturated carbocycles. The molecule has 1 aliphatic heterocycles. The van der Waals surface area contributed by atoms with Crippen LogP contribution in [0, 0.1) is 12.8 Å². The van der Waals surface area contributed by atoms with E-state index < -0.39 is 0 Å². The Balaban J connectivity index is 1.47. The lowest BCUT2D eigenvalue weighted by molar-refractivity contribution is -0.141. The first-order chi connectivity index (χ1) is 11.0. The number of carbonyl (C=O) groups is 2. The summed E-state index contributed by atoms with van der Waals surface area (Å²) in [7, 11) is 0. The predicted octanol–water partition coefficient (Wildman–Crippen LogP) is 2.11. The first kappa shape index (κ1) is 16.1. The minimum absolute atomic E-state index is 0.00223. The van der Waals surface area contributed by atoms with Gasteiger partial charge in [0.05, 0.1) is 0 Å². The van der Waals surface area contributed by atoms with E-state index in [1.807, 2.05) is 17.9 Å². The Morgan fingerprint density at radius 3 is 2.48 bits per heavy atom. The van der Waals surface area contributed by atoms with E-state index in [1.54, 1.807) is 17.0 Å². The molecule has 1 heterocycles. The van der Waals surface area contributed by atoms with Gasteiger partial charge in [0, 0.05) is 37.1 Å². The monoisotopic (exact) mass is 336 g/mol. The van der Waals surface area contributed by atoms with Crippen LogP contribution in [0.5, 0.6) is 5.75 Å². The van der Waals surface area contributed by atoms with Crippen molar-refractivity contribution >= 4 is 23.4 Å². The van der Waals surface area contributed by atoms with Gasteiger partial charge in [0.25, 0.3) is 5.91 Å². The second-order valence-electron chi connectivity index (χ2n) is 6.18. The molecule has 0 spiro atoms. The van der Waals surface area contributed by atoms with Crippen LogP contribution in [-0.2, 0) is 9.59 Å². The van der Waals surface area contributed by atoms with Gasteiger partial charge in [-0.3, -0.25) is 9.59 Å². The number of hydrogen-bond acceptors (Lipinski definition) is 3. The van der Waals surface area contributed by atoms with E-state index in [0.29, 0.717) is 37.0 Å². The van der Waals surface area contributed by atoms with Crippen molar-refractivity contribution in [2.75, 3.05) is 32.8 Å². The third kappa shape index (κ3) is 3.96. The molecule has 2 amide bonds. The van der Waals surface area contributed by atoms with E-state index in [0.717, 1.165) is 18.4 Å². The summed E-state index contributed by atoms with van der Waals surface area (Å²) in [5.41, 5.74) is 0.946. The Morgan fingerprint density at radius 1 is 1.17 bits per heavy atom. The van der Waals surface area contributed by atoms with Crippen molar-refractivity contribution in [1.82, 2.24) is 9.80 Å². The van der Waals surface area contributed by atoms with Crippen LogP contribution in [0.2, 0.25) is 5.02 Å². The zero-order chi connectivity index (χ0) is 16.4. The van der Waals surface area contributed by atoms with Crippen LogP contribution in [0.4, 0.5) is 0 Å². The topological polar surface area (TPSA) is 49.9 Å². The van der Waals surface area contributed by atoms with Crippen LogP contribution in [-0.4, -0.2) is 54.4 Å². The molecule has 0 aromatic heterocycles. The fourth-order valence-corrected chi connectivity index (χ4v) is 2.89. The van der Waals surface area contributed by atoms with Crippen LogP contribution in [0.15, 0.2) is 18.2 Å². The number of hydrogen-bond donors (Lipinski definition) is 0. The van der Waals surface area contributed by atoms with Gasteiger partial charge in [0.15, 0.2) is 6.61 Å². The second-order valence-corrected chi connectivity index (χ2v) is 6.62. The minimum Gasteiger partial charge on any atom is -0.483 e. The van der Waals surface area contributed by atoms with Gasteiger partial charge >= 0.3 is 0 Å². The van der Waals surface area contributed by atoms with Crippen molar-refractivity contribution in [2.45, 2.75) is 19.8 Å². The van der Waals surface area contributed by atoms with Crippen molar-refractivity contribution in [3.8, 4) is 5.75 Å². The second kappa shape index (κ2) is 6.79. The largest absolute Gasteiger partial charge is 0.483 e. The number of carbonyl (C=O) groups excluding carboxylic acids is 2. The average molecular weight is 337 g/mol. The van der Waals surface area contributed by atoms with Crippen LogP contribution in [0.25, 0.3) is 0 Å². The lowest BCUT2D eigenvalue weighted by Gasteiger charge is -2.34. The van der Waals surface area contributed by atoms with Gasteiger partial charge in [0.1, 0.15) is 5.75 Å². The van der Waals surface area contributed by atoms with E-state index >= 15 is 0 Å². The minimum atomic E-state index is -0.0529. The number of benzene rings is 1. The molecular weight excluding hydrogens is 316 g/mol. The zero-order valence-corrected chi connectivity index (χ0v) is 14.0. The van der Waals surface area contributed by atoms with Gasteiger partial charge in [-0.15, -0.1) is 0 Å². The number of rotatable bonds is 4. The average Bonchev–Trinajstić information content (AvgIpc) is 3.40. The van der Waals surface area contributed by atoms with Crippen molar-refractivity contribution in [3.05, 3.63) is 28.8 Å². The summed E-state index contributed by atoms with van der Waals surface area (Å²) in [5, 5.41) is 0.588. The van der Waals surface area contributed by atoms with Gasteiger partial charge in [-0.2, -0.15) is 0 Å². The van der Waals surface area contributed by atoms with E-state index in [2.05, 4.69) is 0 Å². The fraction of sp³-hybridized carbons (Fsp3) is 0.529. The Kier molecular flexibility index (Phi) is 4.76. The molecular formula is C17H21ClN2O3. The summed E-state index contributed by atoms with van der Waals surface area (Å²) in [5.74, 6) is 1.07. The Hall–Kier alpha value is -1.75. The third-order valence-corrected chi connectivity index (χ3v) is 4.61. The molecule has 5 nitrogen and oxygen atoms in total. The first-order valence-electron chi connectivity index (χ1n) is 8.00. The number of aryl methyl sites for hydroxylation is 1. The smallest absolute Gasteiger partial charge is 0.260 e. The van der Waals surface area contributed by atoms with Crippen LogP contribution in [0.1, 0.15) is 18.4 Å². The molecule has 0 N–H and O–H groups in total. The highest BCUT2D eigenvalue weighted by Gasteiger charge is 2.35. The van der Waals surface area contributed by atoms with Crippen molar-refractivity contribution < 1.29 is 14.3 Å².